The predicted molar refractivity (Wildman–Crippen MR) is 154 cm³/mol. The Hall–Kier alpha value is -4.63. The maximum absolute atomic E-state index is 13.7. The van der Waals surface area contributed by atoms with Crippen LogP contribution in [0.4, 0.5) is 10.1 Å². The quantitative estimate of drug-likeness (QED) is 0.244. The lowest BCUT2D eigenvalue weighted by atomic mass is 9.98. The fraction of sp³-hybridized carbons (Fsp3) is 0.129. The van der Waals surface area contributed by atoms with Crippen LogP contribution < -0.4 is 14.4 Å². The van der Waals surface area contributed by atoms with Crippen molar-refractivity contribution >= 4 is 32.6 Å². The van der Waals surface area contributed by atoms with Crippen molar-refractivity contribution in [1.82, 2.24) is 5.32 Å². The molecule has 0 spiro atoms. The molecule has 0 saturated heterocycles. The van der Waals surface area contributed by atoms with Gasteiger partial charge in [-0.25, -0.2) is 12.8 Å². The number of hydrogen-bond donors (Lipinski definition) is 1. The van der Waals surface area contributed by atoms with Crippen LogP contribution in [0.15, 0.2) is 95.4 Å². The molecule has 1 aromatic heterocycles. The summed E-state index contributed by atoms with van der Waals surface area (Å²) in [5.41, 5.74) is 3.46. The number of fused-ring (bicyclic) bond motifs is 1. The number of nitrogens with zero attached hydrogens (tertiary/aromatic N) is 1. The third-order valence-electron chi connectivity index (χ3n) is 6.63. The summed E-state index contributed by atoms with van der Waals surface area (Å²) in [7, 11) is -0.759. The smallest absolute Gasteiger partial charge is 0.255 e. The first-order chi connectivity index (χ1) is 19.2. The lowest BCUT2D eigenvalue weighted by molar-refractivity contribution is 0.0964. The van der Waals surface area contributed by atoms with Gasteiger partial charge in [-0.05, 0) is 42.0 Å². The van der Waals surface area contributed by atoms with Crippen LogP contribution in [-0.2, 0) is 16.6 Å². The molecular weight excluding hydrogens is 531 g/mol. The number of rotatable bonds is 8. The number of anilines is 1. The monoisotopic (exact) mass is 558 g/mol. The number of hydrogen-bond acceptors (Lipinski definition) is 5. The number of halogens is 1. The standard InChI is InChI=1S/C31H27FN2O5S/c1-33-31(35)29-25-17-24(20-9-5-4-6-10-20)26(18-28(25)39-30(29)21-13-15-23(32)16-14-21)34(40(3,36)37)19-22-11-7-8-12-27(22)38-2/h4-18H,19H2,1-3H3,(H,33,35). The number of sulfonamides is 1. The van der Waals surface area contributed by atoms with Crippen LogP contribution in [0.25, 0.3) is 33.4 Å². The van der Waals surface area contributed by atoms with E-state index in [0.29, 0.717) is 39.1 Å². The van der Waals surface area contributed by atoms with Crippen LogP contribution in [-0.4, -0.2) is 34.7 Å². The van der Waals surface area contributed by atoms with Gasteiger partial charge in [0.1, 0.15) is 22.9 Å². The van der Waals surface area contributed by atoms with Crippen molar-refractivity contribution < 1.29 is 26.8 Å². The molecule has 0 atom stereocenters. The first kappa shape index (κ1) is 27.0. The Morgan fingerprint density at radius 2 is 1.62 bits per heavy atom. The average molecular weight is 559 g/mol. The molecule has 5 aromatic rings. The molecule has 40 heavy (non-hydrogen) atoms. The van der Waals surface area contributed by atoms with Gasteiger partial charge in [0.25, 0.3) is 5.91 Å². The Balaban J connectivity index is 1.81. The van der Waals surface area contributed by atoms with Gasteiger partial charge in [0.15, 0.2) is 0 Å². The van der Waals surface area contributed by atoms with Gasteiger partial charge in [-0.3, -0.25) is 9.10 Å². The lowest BCUT2D eigenvalue weighted by Crippen LogP contribution is -2.30. The number of furan rings is 1. The topological polar surface area (TPSA) is 88.8 Å². The van der Waals surface area contributed by atoms with Crippen molar-refractivity contribution in [1.29, 1.82) is 0 Å². The molecule has 0 aliphatic heterocycles. The van der Waals surface area contributed by atoms with Gasteiger partial charge in [-0.2, -0.15) is 0 Å². The van der Waals surface area contributed by atoms with Gasteiger partial charge in [-0.1, -0.05) is 48.5 Å². The fourth-order valence-corrected chi connectivity index (χ4v) is 5.59. The number of amides is 1. The maximum Gasteiger partial charge on any atom is 0.255 e. The Labute approximate surface area is 231 Å². The van der Waals surface area contributed by atoms with Crippen LogP contribution >= 0.6 is 0 Å². The molecular formula is C31H27FN2O5S. The van der Waals surface area contributed by atoms with E-state index in [1.165, 1.54) is 42.7 Å². The van der Waals surface area contributed by atoms with Crippen molar-refractivity contribution in [2.45, 2.75) is 6.54 Å². The zero-order chi connectivity index (χ0) is 28.4. The number of ether oxygens (including phenoxy) is 1. The minimum Gasteiger partial charge on any atom is -0.496 e. The molecule has 0 aliphatic rings. The first-order valence-electron chi connectivity index (χ1n) is 12.4. The number of benzene rings is 4. The van der Waals surface area contributed by atoms with Gasteiger partial charge < -0.3 is 14.5 Å². The number of methoxy groups -OCH3 is 1. The van der Waals surface area contributed by atoms with Crippen molar-refractivity contribution in [2.24, 2.45) is 0 Å². The highest BCUT2D eigenvalue weighted by Gasteiger charge is 2.28. The van der Waals surface area contributed by atoms with E-state index in [1.54, 1.807) is 24.3 Å². The summed E-state index contributed by atoms with van der Waals surface area (Å²) in [6.45, 7) is 0.00200. The van der Waals surface area contributed by atoms with E-state index in [9.17, 15) is 17.6 Å². The van der Waals surface area contributed by atoms with Crippen LogP contribution in [0.5, 0.6) is 5.75 Å². The van der Waals surface area contributed by atoms with Crippen LogP contribution in [0.2, 0.25) is 0 Å². The predicted octanol–water partition coefficient (Wildman–Crippen LogP) is 6.24. The molecule has 0 radical (unpaired) electrons. The van der Waals surface area contributed by atoms with Gasteiger partial charge in [0.2, 0.25) is 10.0 Å². The van der Waals surface area contributed by atoms with Crippen molar-refractivity contribution in [3.05, 3.63) is 108 Å². The first-order valence-corrected chi connectivity index (χ1v) is 14.3. The Bertz CT molecular complexity index is 1800. The molecule has 1 N–H and O–H groups in total. The highest BCUT2D eigenvalue weighted by molar-refractivity contribution is 7.92. The van der Waals surface area contributed by atoms with Gasteiger partial charge in [-0.15, -0.1) is 0 Å². The maximum atomic E-state index is 13.7. The van der Waals surface area contributed by atoms with E-state index in [0.717, 1.165) is 11.8 Å². The Kier molecular flexibility index (Phi) is 7.32. The van der Waals surface area contributed by atoms with E-state index < -0.39 is 15.8 Å². The van der Waals surface area contributed by atoms with Crippen LogP contribution in [0.3, 0.4) is 0 Å². The van der Waals surface area contributed by atoms with E-state index in [1.807, 2.05) is 42.5 Å². The van der Waals surface area contributed by atoms with Crippen molar-refractivity contribution in [3.63, 3.8) is 0 Å². The highest BCUT2D eigenvalue weighted by atomic mass is 32.2. The molecule has 0 bridgehead atoms. The molecule has 1 heterocycles. The molecule has 9 heteroatoms. The third-order valence-corrected chi connectivity index (χ3v) is 7.75. The van der Waals surface area contributed by atoms with Crippen molar-refractivity contribution in [3.8, 4) is 28.2 Å². The minimum absolute atomic E-state index is 0.00200. The third kappa shape index (κ3) is 5.15. The molecule has 0 saturated carbocycles. The SMILES string of the molecule is CNC(=O)c1c(-c2ccc(F)cc2)oc2cc(N(Cc3ccccc3OC)S(C)(=O)=O)c(-c3ccccc3)cc12. The summed E-state index contributed by atoms with van der Waals surface area (Å²) in [5.74, 6) is -0.00732. The van der Waals surface area contributed by atoms with E-state index in [-0.39, 0.29) is 23.8 Å². The number of nitrogens with one attached hydrogen (secondary N) is 1. The van der Waals surface area contributed by atoms with Crippen molar-refractivity contribution in [2.75, 3.05) is 24.7 Å². The molecule has 1 amide bonds. The summed E-state index contributed by atoms with van der Waals surface area (Å²) in [4.78, 5) is 13.1. The molecule has 0 aliphatic carbocycles. The molecule has 7 nitrogen and oxygen atoms in total. The summed E-state index contributed by atoms with van der Waals surface area (Å²) >= 11 is 0. The normalized spacial score (nSPS) is 11.4. The van der Waals surface area contributed by atoms with Crippen LogP contribution in [0, 0.1) is 5.82 Å². The second kappa shape index (κ2) is 10.9. The minimum atomic E-state index is -3.81. The zero-order valence-electron chi connectivity index (χ0n) is 22.1. The second-order valence-electron chi connectivity index (χ2n) is 9.21. The fourth-order valence-electron chi connectivity index (χ4n) is 4.71. The largest absolute Gasteiger partial charge is 0.496 e. The van der Waals surface area contributed by atoms with Gasteiger partial charge >= 0.3 is 0 Å². The Morgan fingerprint density at radius 3 is 2.27 bits per heavy atom. The van der Waals surface area contributed by atoms with E-state index in [4.69, 9.17) is 9.15 Å². The lowest BCUT2D eigenvalue weighted by Gasteiger charge is -2.26. The molecule has 4 aromatic carbocycles. The summed E-state index contributed by atoms with van der Waals surface area (Å²) in [5, 5.41) is 3.15. The Morgan fingerprint density at radius 1 is 0.950 bits per heavy atom. The summed E-state index contributed by atoms with van der Waals surface area (Å²) in [6.07, 6.45) is 1.14. The molecule has 204 valence electrons. The van der Waals surface area contributed by atoms with Crippen LogP contribution in [0.1, 0.15) is 15.9 Å². The number of carbonyl (C=O) groups is 1. The molecule has 0 unspecified atom stereocenters. The molecule has 5 rings (SSSR count). The summed E-state index contributed by atoms with van der Waals surface area (Å²) in [6, 6.07) is 25.6. The van der Waals surface area contributed by atoms with Gasteiger partial charge in [0.05, 0.1) is 31.2 Å². The second-order valence-corrected chi connectivity index (χ2v) is 11.1. The summed E-state index contributed by atoms with van der Waals surface area (Å²) < 4.78 is 53.2. The van der Waals surface area contributed by atoms with E-state index >= 15 is 0 Å². The van der Waals surface area contributed by atoms with E-state index in [2.05, 4.69) is 5.32 Å². The average Bonchev–Trinajstić information content (AvgIpc) is 3.33. The number of carbonyl (C=O) groups excluding carboxylic acids is 1. The zero-order valence-corrected chi connectivity index (χ0v) is 23.0. The van der Waals surface area contributed by atoms with Gasteiger partial charge in [0, 0.05) is 35.2 Å². The highest BCUT2D eigenvalue weighted by Crippen LogP contribution is 2.42. The molecule has 0 fully saturated rings. The number of para-hydroxylation sites is 1.